The van der Waals surface area contributed by atoms with E-state index in [4.69, 9.17) is 9.47 Å². The molecule has 6 N–H and O–H groups in total. The van der Waals surface area contributed by atoms with E-state index < -0.39 is 49.5 Å². The number of carbonyl (C=O) groups excluding carboxylic acids is 1. The molecule has 0 spiro atoms. The minimum absolute atomic E-state index is 0.133. The highest BCUT2D eigenvalue weighted by atomic mass is 16.7. The second-order valence-corrected chi connectivity index (χ2v) is 22.2. The zero-order chi connectivity index (χ0) is 52.2. The molecule has 426 valence electrons. The maximum Gasteiger partial charge on any atom is 0.220 e. The number of aliphatic hydroxyl groups is 5. The number of rotatable bonds is 55. The van der Waals surface area contributed by atoms with Crippen LogP contribution in [0.25, 0.3) is 0 Å². The molecule has 7 atom stereocenters. The van der Waals surface area contributed by atoms with E-state index in [-0.39, 0.29) is 12.5 Å². The topological polar surface area (TPSA) is 149 Å². The Morgan fingerprint density at radius 2 is 0.819 bits per heavy atom. The van der Waals surface area contributed by atoms with Crippen molar-refractivity contribution in [3.05, 3.63) is 24.3 Å². The molecule has 1 saturated heterocycles. The molecule has 0 bridgehead atoms. The van der Waals surface area contributed by atoms with Gasteiger partial charge in [0.25, 0.3) is 0 Å². The van der Waals surface area contributed by atoms with Gasteiger partial charge in [-0.3, -0.25) is 4.79 Å². The molecule has 1 amide bonds. The first kappa shape index (κ1) is 68.7. The quantitative estimate of drug-likeness (QED) is 0.0261. The van der Waals surface area contributed by atoms with Gasteiger partial charge in [-0.25, -0.2) is 0 Å². The van der Waals surface area contributed by atoms with Crippen LogP contribution in [0.1, 0.15) is 316 Å². The van der Waals surface area contributed by atoms with Gasteiger partial charge in [0.15, 0.2) is 6.29 Å². The molecular weight excluding hydrogens is 899 g/mol. The van der Waals surface area contributed by atoms with Gasteiger partial charge in [0.05, 0.1) is 25.4 Å². The van der Waals surface area contributed by atoms with Crippen molar-refractivity contribution in [3.63, 3.8) is 0 Å². The number of hydrogen-bond acceptors (Lipinski definition) is 8. The van der Waals surface area contributed by atoms with Crippen LogP contribution in [-0.4, -0.2) is 87.5 Å². The first-order valence-corrected chi connectivity index (χ1v) is 31.5. The zero-order valence-electron chi connectivity index (χ0n) is 47.5. The lowest BCUT2D eigenvalue weighted by Gasteiger charge is -2.40. The molecule has 0 radical (unpaired) electrons. The fourth-order valence-corrected chi connectivity index (χ4v) is 10.3. The summed E-state index contributed by atoms with van der Waals surface area (Å²) in [4.78, 5) is 13.1. The van der Waals surface area contributed by atoms with E-state index in [0.29, 0.717) is 12.8 Å². The maximum atomic E-state index is 13.1. The highest BCUT2D eigenvalue weighted by molar-refractivity contribution is 5.76. The molecule has 0 aliphatic carbocycles. The second kappa shape index (κ2) is 53.1. The molecule has 0 aromatic rings. The van der Waals surface area contributed by atoms with Crippen molar-refractivity contribution in [3.8, 4) is 0 Å². The van der Waals surface area contributed by atoms with Crippen molar-refractivity contribution in [1.82, 2.24) is 5.32 Å². The minimum Gasteiger partial charge on any atom is -0.394 e. The van der Waals surface area contributed by atoms with Gasteiger partial charge in [-0.05, 0) is 44.9 Å². The number of hydrogen-bond donors (Lipinski definition) is 6. The average molecular weight is 1020 g/mol. The number of carbonyl (C=O) groups is 1. The van der Waals surface area contributed by atoms with Crippen LogP contribution in [0.3, 0.4) is 0 Å². The Hall–Kier alpha value is -1.33. The summed E-state index contributed by atoms with van der Waals surface area (Å²) < 4.78 is 11.3. The van der Waals surface area contributed by atoms with Gasteiger partial charge in [0.2, 0.25) is 5.91 Å². The average Bonchev–Trinajstić information content (AvgIpc) is 3.38. The fraction of sp³-hybridized carbons (Fsp3) is 0.921. The van der Waals surface area contributed by atoms with Crippen LogP contribution >= 0.6 is 0 Å². The van der Waals surface area contributed by atoms with Gasteiger partial charge in [-0.2, -0.15) is 0 Å². The van der Waals surface area contributed by atoms with Crippen LogP contribution in [0.2, 0.25) is 0 Å². The standard InChI is InChI=1S/C63H121NO8/c1-3-5-7-9-11-13-15-17-19-20-21-22-23-24-25-26-27-28-29-30-31-32-33-34-35-36-37-38-39-41-43-45-47-49-51-53-59(67)64-56(55-71-63-62(70)61(69)60(68)58(54-65)72-63)57(66)52-50-48-46-44-42-40-18-16-14-12-10-8-6-4-2/h15,17,20-21,56-58,60-63,65-66,68-70H,3-14,16,18-19,22-55H2,1-2H3,(H,64,67)/b17-15-,21-20-. The number of aliphatic hydroxyl groups excluding tert-OH is 5. The number of allylic oxidation sites excluding steroid dienone is 4. The lowest BCUT2D eigenvalue weighted by molar-refractivity contribution is -0.302. The normalized spacial score (nSPS) is 19.2. The SMILES string of the molecule is CCCCCCC/C=C\C/C=C\CCCCCCCCCCCCCCCCCCCCCCCCCC(=O)NC(COC1OC(CO)C(O)C(O)C1O)C(O)CCCCCCCCCCCCCCCC. The van der Waals surface area contributed by atoms with E-state index in [1.807, 2.05) is 0 Å². The van der Waals surface area contributed by atoms with Gasteiger partial charge in [0, 0.05) is 6.42 Å². The van der Waals surface area contributed by atoms with Crippen molar-refractivity contribution in [1.29, 1.82) is 0 Å². The van der Waals surface area contributed by atoms with E-state index in [2.05, 4.69) is 43.5 Å². The third kappa shape index (κ3) is 41.9. The van der Waals surface area contributed by atoms with Gasteiger partial charge in [0.1, 0.15) is 24.4 Å². The van der Waals surface area contributed by atoms with E-state index in [9.17, 15) is 30.3 Å². The Labute approximate surface area is 445 Å². The van der Waals surface area contributed by atoms with E-state index >= 15 is 0 Å². The highest BCUT2D eigenvalue weighted by Gasteiger charge is 2.44. The summed E-state index contributed by atoms with van der Waals surface area (Å²) in [5.41, 5.74) is 0. The first-order chi connectivity index (χ1) is 35.3. The third-order valence-electron chi connectivity index (χ3n) is 15.3. The second-order valence-electron chi connectivity index (χ2n) is 22.2. The van der Waals surface area contributed by atoms with Crippen molar-refractivity contribution in [2.75, 3.05) is 13.2 Å². The minimum atomic E-state index is -1.55. The molecule has 0 aromatic carbocycles. The maximum absolute atomic E-state index is 13.1. The summed E-state index contributed by atoms with van der Waals surface area (Å²) in [6.07, 6.45) is 60.9. The molecule has 7 unspecified atom stereocenters. The number of amides is 1. The molecule has 1 aliphatic rings. The summed E-state index contributed by atoms with van der Waals surface area (Å²) >= 11 is 0. The summed E-state index contributed by atoms with van der Waals surface area (Å²) in [5, 5.41) is 54.7. The molecular formula is C63H121NO8. The smallest absolute Gasteiger partial charge is 0.220 e. The zero-order valence-corrected chi connectivity index (χ0v) is 47.5. The lowest BCUT2D eigenvalue weighted by atomic mass is 9.99. The summed E-state index contributed by atoms with van der Waals surface area (Å²) in [5.74, 6) is -0.138. The van der Waals surface area contributed by atoms with E-state index in [0.717, 1.165) is 44.9 Å². The predicted molar refractivity (Wildman–Crippen MR) is 304 cm³/mol. The van der Waals surface area contributed by atoms with Crippen molar-refractivity contribution < 1.29 is 39.8 Å². The predicted octanol–water partition coefficient (Wildman–Crippen LogP) is 16.1. The third-order valence-corrected chi connectivity index (χ3v) is 15.3. The molecule has 1 fully saturated rings. The van der Waals surface area contributed by atoms with Crippen LogP contribution in [0.15, 0.2) is 24.3 Å². The van der Waals surface area contributed by atoms with Crippen molar-refractivity contribution in [2.24, 2.45) is 0 Å². The van der Waals surface area contributed by atoms with Gasteiger partial charge >= 0.3 is 0 Å². The van der Waals surface area contributed by atoms with Gasteiger partial charge in [-0.15, -0.1) is 0 Å². The highest BCUT2D eigenvalue weighted by Crippen LogP contribution is 2.23. The molecule has 1 rings (SSSR count). The Balaban J connectivity index is 2.06. The monoisotopic (exact) mass is 1020 g/mol. The molecule has 9 heteroatoms. The number of unbranched alkanes of at least 4 members (excludes halogenated alkanes) is 41. The van der Waals surface area contributed by atoms with Crippen molar-refractivity contribution >= 4 is 5.91 Å². The van der Waals surface area contributed by atoms with E-state index in [1.165, 1.54) is 244 Å². The molecule has 1 heterocycles. The number of ether oxygens (including phenoxy) is 2. The largest absolute Gasteiger partial charge is 0.394 e. The first-order valence-electron chi connectivity index (χ1n) is 31.5. The molecule has 0 saturated carbocycles. The van der Waals surface area contributed by atoms with Crippen LogP contribution in [0.4, 0.5) is 0 Å². The Morgan fingerprint density at radius 1 is 0.472 bits per heavy atom. The molecule has 1 aliphatic heterocycles. The fourth-order valence-electron chi connectivity index (χ4n) is 10.3. The molecule has 9 nitrogen and oxygen atoms in total. The lowest BCUT2D eigenvalue weighted by Crippen LogP contribution is -2.60. The number of nitrogens with one attached hydrogen (secondary N) is 1. The molecule has 72 heavy (non-hydrogen) atoms. The molecule has 0 aromatic heterocycles. The Bertz CT molecular complexity index is 1180. The van der Waals surface area contributed by atoms with Crippen LogP contribution in [0, 0.1) is 0 Å². The summed E-state index contributed by atoms with van der Waals surface area (Å²) in [6.45, 7) is 3.86. The van der Waals surface area contributed by atoms with Gasteiger partial charge in [-0.1, -0.05) is 289 Å². The summed E-state index contributed by atoms with van der Waals surface area (Å²) in [6, 6.07) is -0.715. The van der Waals surface area contributed by atoms with Crippen molar-refractivity contribution in [2.45, 2.75) is 358 Å². The van der Waals surface area contributed by atoms with Gasteiger partial charge < -0.3 is 40.3 Å². The van der Waals surface area contributed by atoms with Crippen LogP contribution in [-0.2, 0) is 14.3 Å². The van der Waals surface area contributed by atoms with Crippen LogP contribution in [0.5, 0.6) is 0 Å². The summed E-state index contributed by atoms with van der Waals surface area (Å²) in [7, 11) is 0. The Morgan fingerprint density at radius 3 is 1.19 bits per heavy atom. The Kier molecular flexibility index (Phi) is 50.6. The van der Waals surface area contributed by atoms with E-state index in [1.54, 1.807) is 0 Å². The van der Waals surface area contributed by atoms with Crippen LogP contribution < -0.4 is 5.32 Å².